The van der Waals surface area contributed by atoms with E-state index in [1.165, 1.54) is 0 Å². The largest absolute Gasteiger partial charge is 0.508 e. The minimum Gasteiger partial charge on any atom is -0.508 e. The molecule has 2 aromatic carbocycles. The first-order valence-electron chi connectivity index (χ1n) is 13.8. The normalized spacial score (nSPS) is 21.9. The average molecular weight is 518 g/mol. The van der Waals surface area contributed by atoms with Gasteiger partial charge in [-0.3, -0.25) is 9.47 Å². The molecule has 1 saturated heterocycles. The molecule has 1 aliphatic heterocycles. The summed E-state index contributed by atoms with van der Waals surface area (Å²) in [6, 6.07) is 17.9. The van der Waals surface area contributed by atoms with Gasteiger partial charge in [0.2, 0.25) is 0 Å². The number of benzene rings is 2. The molecule has 1 aliphatic carbocycles. The molecule has 3 aromatic rings. The van der Waals surface area contributed by atoms with E-state index < -0.39 is 0 Å². The van der Waals surface area contributed by atoms with Crippen molar-refractivity contribution in [3.8, 4) is 5.75 Å². The van der Waals surface area contributed by atoms with Gasteiger partial charge in [-0.2, -0.15) is 5.10 Å². The Morgan fingerprint density at radius 1 is 0.974 bits per heavy atom. The van der Waals surface area contributed by atoms with Gasteiger partial charge in [-0.1, -0.05) is 49.4 Å². The molecular weight excluding hydrogens is 478 g/mol. The summed E-state index contributed by atoms with van der Waals surface area (Å²) in [6.07, 6.45) is 8.73. The molecule has 8 heteroatoms. The van der Waals surface area contributed by atoms with E-state index in [0.29, 0.717) is 18.4 Å². The predicted molar refractivity (Wildman–Crippen MR) is 150 cm³/mol. The third-order valence-electron chi connectivity index (χ3n) is 8.02. The summed E-state index contributed by atoms with van der Waals surface area (Å²) in [6.45, 7) is 8.54. The lowest BCUT2D eigenvalue weighted by Crippen LogP contribution is -2.50. The van der Waals surface area contributed by atoms with Crippen molar-refractivity contribution in [1.82, 2.24) is 19.2 Å². The first-order chi connectivity index (χ1) is 18.5. The number of phenols is 1. The molecular formula is C30H39N5O3. The summed E-state index contributed by atoms with van der Waals surface area (Å²) in [5, 5.41) is 14.1. The number of allylic oxidation sites excluding steroid dienone is 1. The second-order valence-corrected chi connectivity index (χ2v) is 10.4. The van der Waals surface area contributed by atoms with Crippen molar-refractivity contribution < 1.29 is 9.84 Å². The summed E-state index contributed by atoms with van der Waals surface area (Å²) < 4.78 is 9.51. The zero-order chi connectivity index (χ0) is 26.5. The lowest BCUT2D eigenvalue weighted by atomic mass is 9.96. The Morgan fingerprint density at radius 2 is 1.66 bits per heavy atom. The molecule has 0 radical (unpaired) electrons. The maximum atomic E-state index is 13.4. The second-order valence-electron chi connectivity index (χ2n) is 10.4. The molecule has 0 unspecified atom stereocenters. The van der Waals surface area contributed by atoms with E-state index in [4.69, 9.17) is 4.74 Å². The molecule has 0 spiro atoms. The van der Waals surface area contributed by atoms with Crippen LogP contribution in [-0.4, -0.2) is 62.7 Å². The van der Waals surface area contributed by atoms with Gasteiger partial charge in [-0.15, -0.1) is 0 Å². The van der Waals surface area contributed by atoms with Crippen LogP contribution in [0.15, 0.2) is 77.9 Å². The maximum Gasteiger partial charge on any atom is 0.346 e. The van der Waals surface area contributed by atoms with Gasteiger partial charge in [0.1, 0.15) is 12.1 Å². The van der Waals surface area contributed by atoms with Crippen LogP contribution in [0.5, 0.6) is 5.75 Å². The zero-order valence-corrected chi connectivity index (χ0v) is 22.4. The minimum atomic E-state index is -0.132. The van der Waals surface area contributed by atoms with Crippen LogP contribution >= 0.6 is 0 Å². The van der Waals surface area contributed by atoms with Crippen molar-refractivity contribution in [2.45, 2.75) is 63.9 Å². The van der Waals surface area contributed by atoms with E-state index in [9.17, 15) is 9.90 Å². The number of hydrogen-bond donors (Lipinski definition) is 1. The number of aromatic nitrogens is 3. The monoisotopic (exact) mass is 517 g/mol. The molecule has 0 saturated carbocycles. The Kier molecular flexibility index (Phi) is 8.29. The number of aromatic hydroxyl groups is 1. The van der Waals surface area contributed by atoms with Gasteiger partial charge in [0.05, 0.1) is 24.8 Å². The second kappa shape index (κ2) is 12.0. The molecule has 1 fully saturated rings. The molecule has 2 heterocycles. The highest BCUT2D eigenvalue weighted by Crippen LogP contribution is 2.27. The Balaban J connectivity index is 1.17. The Bertz CT molecular complexity index is 1240. The average Bonchev–Trinajstić information content (AvgIpc) is 3.34. The fourth-order valence-electron chi connectivity index (χ4n) is 5.70. The molecule has 0 amide bonds. The lowest BCUT2D eigenvalue weighted by molar-refractivity contribution is 0.0116. The van der Waals surface area contributed by atoms with Gasteiger partial charge in [0, 0.05) is 37.9 Å². The van der Waals surface area contributed by atoms with Crippen molar-refractivity contribution in [1.29, 1.82) is 0 Å². The van der Waals surface area contributed by atoms with Crippen LogP contribution < -0.4 is 10.6 Å². The topological polar surface area (TPSA) is 75.8 Å². The van der Waals surface area contributed by atoms with E-state index in [-0.39, 0.29) is 23.9 Å². The first kappa shape index (κ1) is 26.3. The van der Waals surface area contributed by atoms with Crippen LogP contribution in [0.1, 0.15) is 50.8 Å². The van der Waals surface area contributed by atoms with Crippen LogP contribution in [-0.2, 0) is 11.3 Å². The van der Waals surface area contributed by atoms with E-state index in [1.54, 1.807) is 27.7 Å². The third-order valence-corrected chi connectivity index (χ3v) is 8.02. The number of nitrogens with zero attached hydrogens (tertiary/aromatic N) is 5. The predicted octanol–water partition coefficient (Wildman–Crippen LogP) is 4.39. The van der Waals surface area contributed by atoms with Gasteiger partial charge in [-0.05, 0) is 56.0 Å². The summed E-state index contributed by atoms with van der Waals surface area (Å²) >= 11 is 0. The fourth-order valence-corrected chi connectivity index (χ4v) is 5.70. The van der Waals surface area contributed by atoms with Crippen LogP contribution in [0.4, 0.5) is 5.69 Å². The van der Waals surface area contributed by atoms with Gasteiger partial charge in [-0.25, -0.2) is 9.48 Å². The van der Waals surface area contributed by atoms with Crippen molar-refractivity contribution in [2.75, 3.05) is 31.1 Å². The molecule has 2 aliphatic rings. The molecule has 8 nitrogen and oxygen atoms in total. The molecule has 38 heavy (non-hydrogen) atoms. The van der Waals surface area contributed by atoms with E-state index in [1.807, 2.05) is 49.4 Å². The standard InChI is InChI=1S/C30H39N5O3/c1-3-29(23(2)38-21-24-7-5-4-6-8-24)35-30(37)34(22-31-35)27-11-9-25(10-12-27)32-17-19-33(20-18-32)26-13-15-28(36)16-14-26/h4-9,11,13-16,22-23,25,27,29,36H,3,10,12,17-21H2,1-2H3/t23-,25+,27-,29-/m0/s1. The smallest absolute Gasteiger partial charge is 0.346 e. The van der Waals surface area contributed by atoms with Crippen LogP contribution in [0.25, 0.3) is 0 Å². The Hall–Kier alpha value is -3.36. The van der Waals surface area contributed by atoms with Crippen molar-refractivity contribution in [3.05, 3.63) is 89.1 Å². The number of rotatable bonds is 9. The lowest BCUT2D eigenvalue weighted by Gasteiger charge is -2.40. The highest BCUT2D eigenvalue weighted by Gasteiger charge is 2.28. The number of hydrogen-bond acceptors (Lipinski definition) is 6. The molecule has 202 valence electrons. The van der Waals surface area contributed by atoms with Crippen LogP contribution in [0, 0.1) is 0 Å². The highest BCUT2D eigenvalue weighted by atomic mass is 16.5. The van der Waals surface area contributed by atoms with Crippen molar-refractivity contribution in [2.24, 2.45) is 0 Å². The highest BCUT2D eigenvalue weighted by molar-refractivity contribution is 5.49. The molecule has 0 bridgehead atoms. The summed E-state index contributed by atoms with van der Waals surface area (Å²) in [4.78, 5) is 18.3. The minimum absolute atomic E-state index is 0.0313. The first-order valence-corrected chi connectivity index (χ1v) is 13.8. The Morgan fingerprint density at radius 3 is 2.32 bits per heavy atom. The zero-order valence-electron chi connectivity index (χ0n) is 22.4. The van der Waals surface area contributed by atoms with Gasteiger partial charge in [0.25, 0.3) is 0 Å². The third kappa shape index (κ3) is 5.87. The molecule has 5 rings (SSSR count). The van der Waals surface area contributed by atoms with Gasteiger partial charge < -0.3 is 14.7 Å². The molecule has 4 atom stereocenters. The summed E-state index contributed by atoms with van der Waals surface area (Å²) in [7, 11) is 0. The van der Waals surface area contributed by atoms with Crippen LogP contribution in [0.2, 0.25) is 0 Å². The molecule has 1 N–H and O–H groups in total. The van der Waals surface area contributed by atoms with Crippen molar-refractivity contribution >= 4 is 5.69 Å². The Labute approximate surface area is 224 Å². The van der Waals surface area contributed by atoms with Gasteiger partial charge >= 0.3 is 5.69 Å². The van der Waals surface area contributed by atoms with E-state index in [2.05, 4.69) is 34.0 Å². The SMILES string of the molecule is CC[C@@H]([C@H](C)OCc1ccccc1)n1ncn([C@H]2C=C[C@@H](N3CCN(c4ccc(O)cc4)CC3)CC2)c1=O. The van der Waals surface area contributed by atoms with E-state index >= 15 is 0 Å². The number of anilines is 1. The number of piperazine rings is 1. The van der Waals surface area contributed by atoms with Crippen molar-refractivity contribution in [3.63, 3.8) is 0 Å². The fraction of sp³-hybridized carbons (Fsp3) is 0.467. The number of ether oxygens (including phenoxy) is 1. The van der Waals surface area contributed by atoms with Gasteiger partial charge in [0.15, 0.2) is 0 Å². The summed E-state index contributed by atoms with van der Waals surface area (Å²) in [5.41, 5.74) is 2.21. The number of phenolic OH excluding ortho intramolecular Hbond substituents is 1. The van der Waals surface area contributed by atoms with Crippen LogP contribution in [0.3, 0.4) is 0 Å². The quantitative estimate of drug-likeness (QED) is 0.425. The maximum absolute atomic E-state index is 13.4. The molecule has 1 aromatic heterocycles. The summed E-state index contributed by atoms with van der Waals surface area (Å²) in [5.74, 6) is 0.301. The van der Waals surface area contributed by atoms with E-state index in [0.717, 1.165) is 56.7 Å².